The molecule has 0 bridgehead atoms. The highest BCUT2D eigenvalue weighted by Gasteiger charge is 2.15. The van der Waals surface area contributed by atoms with E-state index in [1.54, 1.807) is 12.4 Å². The van der Waals surface area contributed by atoms with Crippen LogP contribution in [0.3, 0.4) is 0 Å². The van der Waals surface area contributed by atoms with E-state index in [4.69, 9.17) is 0 Å². The van der Waals surface area contributed by atoms with Gasteiger partial charge in [0.2, 0.25) is 0 Å². The van der Waals surface area contributed by atoms with E-state index >= 15 is 0 Å². The van der Waals surface area contributed by atoms with Crippen molar-refractivity contribution in [3.63, 3.8) is 0 Å². The highest BCUT2D eigenvalue weighted by molar-refractivity contribution is 5.60. The number of nitrogens with one attached hydrogen (secondary N) is 2. The van der Waals surface area contributed by atoms with Crippen molar-refractivity contribution in [1.82, 2.24) is 15.3 Å². The first-order valence-electron chi connectivity index (χ1n) is 5.92. The standard InChI is InChI=1S/C11H19N5/c1-2-3-13-10-11(15-5-4-14-10)16-8-6-12-7-9-16/h4-5,12H,2-3,6-9H2,1H3,(H,13,14). The zero-order valence-corrected chi connectivity index (χ0v) is 9.74. The molecule has 5 nitrogen and oxygen atoms in total. The fraction of sp³-hybridized carbons (Fsp3) is 0.636. The van der Waals surface area contributed by atoms with Crippen molar-refractivity contribution in [2.75, 3.05) is 42.9 Å². The molecule has 5 heteroatoms. The molecule has 0 aromatic carbocycles. The van der Waals surface area contributed by atoms with Crippen LogP contribution in [0.25, 0.3) is 0 Å². The second-order valence-corrected chi connectivity index (χ2v) is 3.89. The Kier molecular flexibility index (Phi) is 3.93. The lowest BCUT2D eigenvalue weighted by Crippen LogP contribution is -2.44. The molecule has 0 aliphatic carbocycles. The number of aromatic nitrogens is 2. The Morgan fingerprint density at radius 3 is 2.81 bits per heavy atom. The van der Waals surface area contributed by atoms with Gasteiger partial charge in [-0.1, -0.05) is 6.92 Å². The highest BCUT2D eigenvalue weighted by Crippen LogP contribution is 2.19. The third kappa shape index (κ3) is 2.61. The first-order valence-corrected chi connectivity index (χ1v) is 5.92. The first-order chi connectivity index (χ1) is 7.92. The van der Waals surface area contributed by atoms with Crippen LogP contribution in [-0.2, 0) is 0 Å². The second kappa shape index (κ2) is 5.65. The van der Waals surface area contributed by atoms with Gasteiger partial charge in [-0.05, 0) is 6.42 Å². The lowest BCUT2D eigenvalue weighted by Gasteiger charge is -2.29. The Morgan fingerprint density at radius 1 is 1.31 bits per heavy atom. The van der Waals surface area contributed by atoms with E-state index in [9.17, 15) is 0 Å². The molecule has 1 aromatic heterocycles. The summed E-state index contributed by atoms with van der Waals surface area (Å²) in [6.07, 6.45) is 4.59. The van der Waals surface area contributed by atoms with Crippen molar-refractivity contribution in [3.05, 3.63) is 12.4 Å². The van der Waals surface area contributed by atoms with E-state index in [0.717, 1.165) is 50.8 Å². The molecule has 0 amide bonds. The fourth-order valence-electron chi connectivity index (χ4n) is 1.81. The van der Waals surface area contributed by atoms with Gasteiger partial charge in [-0.15, -0.1) is 0 Å². The van der Waals surface area contributed by atoms with Gasteiger partial charge in [0.15, 0.2) is 11.6 Å². The molecule has 0 saturated carbocycles. The van der Waals surface area contributed by atoms with Crippen molar-refractivity contribution in [2.45, 2.75) is 13.3 Å². The summed E-state index contributed by atoms with van der Waals surface area (Å²) < 4.78 is 0. The smallest absolute Gasteiger partial charge is 0.171 e. The Morgan fingerprint density at radius 2 is 2.06 bits per heavy atom. The molecular formula is C11H19N5. The molecular weight excluding hydrogens is 202 g/mol. The molecule has 1 aliphatic heterocycles. The highest BCUT2D eigenvalue weighted by atomic mass is 15.3. The molecule has 0 atom stereocenters. The maximum absolute atomic E-state index is 4.43. The summed E-state index contributed by atoms with van der Waals surface area (Å²) in [5, 5.41) is 6.66. The van der Waals surface area contributed by atoms with Crippen molar-refractivity contribution >= 4 is 11.6 Å². The van der Waals surface area contributed by atoms with Crippen molar-refractivity contribution in [2.24, 2.45) is 0 Å². The summed E-state index contributed by atoms with van der Waals surface area (Å²) >= 11 is 0. The molecule has 1 aromatic rings. The molecule has 1 saturated heterocycles. The molecule has 1 aliphatic rings. The van der Waals surface area contributed by atoms with Crippen LogP contribution < -0.4 is 15.5 Å². The maximum atomic E-state index is 4.43. The quantitative estimate of drug-likeness (QED) is 0.784. The van der Waals surface area contributed by atoms with Crippen molar-refractivity contribution in [3.8, 4) is 0 Å². The number of nitrogens with zero attached hydrogens (tertiary/aromatic N) is 3. The van der Waals surface area contributed by atoms with Crippen LogP contribution in [0, 0.1) is 0 Å². The van der Waals surface area contributed by atoms with Gasteiger partial charge in [-0.3, -0.25) is 0 Å². The number of hydrogen-bond acceptors (Lipinski definition) is 5. The van der Waals surface area contributed by atoms with Gasteiger partial charge in [0.25, 0.3) is 0 Å². The molecule has 0 unspecified atom stereocenters. The van der Waals surface area contributed by atoms with E-state index in [1.165, 1.54) is 0 Å². The molecule has 88 valence electrons. The van der Waals surface area contributed by atoms with Crippen molar-refractivity contribution in [1.29, 1.82) is 0 Å². The average Bonchev–Trinajstić information content (AvgIpc) is 2.38. The number of rotatable bonds is 4. The zero-order chi connectivity index (χ0) is 11.2. The van der Waals surface area contributed by atoms with E-state index in [-0.39, 0.29) is 0 Å². The van der Waals surface area contributed by atoms with E-state index in [2.05, 4.69) is 32.4 Å². The first kappa shape index (κ1) is 11.1. The molecule has 2 N–H and O–H groups in total. The maximum Gasteiger partial charge on any atom is 0.171 e. The lowest BCUT2D eigenvalue weighted by atomic mass is 10.3. The summed E-state index contributed by atoms with van der Waals surface area (Å²) in [6, 6.07) is 0. The second-order valence-electron chi connectivity index (χ2n) is 3.89. The summed E-state index contributed by atoms with van der Waals surface area (Å²) in [7, 11) is 0. The molecule has 0 spiro atoms. The third-order valence-corrected chi connectivity index (χ3v) is 2.64. The van der Waals surface area contributed by atoms with Crippen molar-refractivity contribution < 1.29 is 0 Å². The van der Waals surface area contributed by atoms with E-state index in [1.807, 2.05) is 0 Å². The number of hydrogen-bond donors (Lipinski definition) is 2. The van der Waals surface area contributed by atoms with Crippen LogP contribution in [-0.4, -0.2) is 42.7 Å². The minimum atomic E-state index is 0.909. The van der Waals surface area contributed by atoms with Crippen LogP contribution in [0.2, 0.25) is 0 Å². The number of piperazine rings is 1. The Hall–Kier alpha value is -1.36. The summed E-state index contributed by atoms with van der Waals surface area (Å²) in [5.74, 6) is 1.89. The minimum Gasteiger partial charge on any atom is -0.367 e. The number of anilines is 2. The fourth-order valence-corrected chi connectivity index (χ4v) is 1.81. The van der Waals surface area contributed by atoms with E-state index in [0.29, 0.717) is 0 Å². The average molecular weight is 221 g/mol. The monoisotopic (exact) mass is 221 g/mol. The van der Waals surface area contributed by atoms with Crippen LogP contribution in [0.4, 0.5) is 11.6 Å². The van der Waals surface area contributed by atoms with Gasteiger partial charge < -0.3 is 15.5 Å². The summed E-state index contributed by atoms with van der Waals surface area (Å²) in [4.78, 5) is 11.1. The van der Waals surface area contributed by atoms with E-state index < -0.39 is 0 Å². The SMILES string of the molecule is CCCNc1nccnc1N1CCNCC1. The molecule has 2 heterocycles. The zero-order valence-electron chi connectivity index (χ0n) is 9.74. The summed E-state index contributed by atoms with van der Waals surface area (Å²) in [5.41, 5.74) is 0. The van der Waals surface area contributed by atoms with Gasteiger partial charge in [0.1, 0.15) is 0 Å². The Balaban J connectivity index is 2.11. The van der Waals surface area contributed by atoms with Crippen LogP contribution in [0.15, 0.2) is 12.4 Å². The molecule has 0 radical (unpaired) electrons. The predicted molar refractivity (Wildman–Crippen MR) is 65.9 cm³/mol. The van der Waals surface area contributed by atoms with Gasteiger partial charge in [-0.2, -0.15) is 0 Å². The Bertz CT molecular complexity index is 322. The molecule has 2 rings (SSSR count). The van der Waals surface area contributed by atoms with Crippen LogP contribution >= 0.6 is 0 Å². The topological polar surface area (TPSA) is 53.1 Å². The van der Waals surface area contributed by atoms with Crippen LogP contribution in [0.5, 0.6) is 0 Å². The van der Waals surface area contributed by atoms with Crippen LogP contribution in [0.1, 0.15) is 13.3 Å². The summed E-state index contributed by atoms with van der Waals surface area (Å²) in [6.45, 7) is 7.12. The van der Waals surface area contributed by atoms with Gasteiger partial charge >= 0.3 is 0 Å². The van der Waals surface area contributed by atoms with Gasteiger partial charge in [0.05, 0.1) is 0 Å². The molecule has 16 heavy (non-hydrogen) atoms. The minimum absolute atomic E-state index is 0.909. The molecule has 1 fully saturated rings. The lowest BCUT2D eigenvalue weighted by molar-refractivity contribution is 0.584. The third-order valence-electron chi connectivity index (χ3n) is 2.64. The van der Waals surface area contributed by atoms with Gasteiger partial charge in [0, 0.05) is 45.1 Å². The van der Waals surface area contributed by atoms with Gasteiger partial charge in [-0.25, -0.2) is 9.97 Å². The normalized spacial score (nSPS) is 16.2. The predicted octanol–water partition coefficient (Wildman–Crippen LogP) is 0.708. The largest absolute Gasteiger partial charge is 0.367 e. The Labute approximate surface area is 96.3 Å².